The number of alkyl halides is 6. The van der Waals surface area contributed by atoms with Crippen molar-refractivity contribution >= 4 is 68.5 Å². The fraction of sp³-hybridized carbons (Fsp3) is 0.333. The number of carbonyl (C=O) groups is 2. The zero-order valence-corrected chi connectivity index (χ0v) is 22.8. The van der Waals surface area contributed by atoms with E-state index in [0.29, 0.717) is 5.56 Å². The number of amides is 1. The summed E-state index contributed by atoms with van der Waals surface area (Å²) in [5.41, 5.74) is 0.286. The van der Waals surface area contributed by atoms with Gasteiger partial charge in [0, 0.05) is 28.9 Å². The summed E-state index contributed by atoms with van der Waals surface area (Å²) in [4.78, 5) is 24.6. The molecule has 37 heavy (non-hydrogen) atoms. The van der Waals surface area contributed by atoms with Gasteiger partial charge in [-0.1, -0.05) is 75.9 Å². The minimum absolute atomic E-state index is 0.0609. The van der Waals surface area contributed by atoms with E-state index in [4.69, 9.17) is 34.8 Å². The third-order valence-electron chi connectivity index (χ3n) is 5.14. The van der Waals surface area contributed by atoms with Crippen LogP contribution in [0, 0.1) is 5.92 Å². The van der Waals surface area contributed by atoms with Crippen molar-refractivity contribution in [3.8, 4) is 0 Å². The molecule has 0 radical (unpaired) electrons. The van der Waals surface area contributed by atoms with Crippen LogP contribution in [0.25, 0.3) is 6.08 Å². The number of hydrogen-bond acceptors (Lipinski definition) is 2. The molecule has 202 valence electrons. The highest BCUT2D eigenvalue weighted by atomic mass is 79.9. The molecule has 13 heteroatoms. The van der Waals surface area contributed by atoms with E-state index in [1.54, 1.807) is 0 Å². The van der Waals surface area contributed by atoms with Crippen LogP contribution < -0.4 is 5.32 Å². The maximum absolute atomic E-state index is 13.7. The molecule has 2 rings (SSSR count). The van der Waals surface area contributed by atoms with Gasteiger partial charge in [-0.25, -0.2) is 0 Å². The average Bonchev–Trinajstić information content (AvgIpc) is 2.75. The van der Waals surface area contributed by atoms with Gasteiger partial charge in [-0.3, -0.25) is 9.59 Å². The van der Waals surface area contributed by atoms with Gasteiger partial charge in [0.05, 0.1) is 27.4 Å². The van der Waals surface area contributed by atoms with Crippen LogP contribution in [0.3, 0.4) is 0 Å². The number of hydrogen-bond donors (Lipinski definition) is 1. The van der Waals surface area contributed by atoms with Crippen molar-refractivity contribution in [3.63, 3.8) is 0 Å². The highest BCUT2D eigenvalue weighted by Crippen LogP contribution is 2.41. The summed E-state index contributed by atoms with van der Waals surface area (Å²) in [5.74, 6) is -4.11. The Balaban J connectivity index is 2.15. The Morgan fingerprint density at radius 1 is 1.03 bits per heavy atom. The minimum atomic E-state index is -4.67. The molecule has 0 saturated carbocycles. The normalized spacial score (nSPS) is 14.0. The monoisotopic (exact) mass is 651 g/mol. The van der Waals surface area contributed by atoms with Crippen LogP contribution in [0.4, 0.5) is 26.3 Å². The molecule has 3 nitrogen and oxygen atoms in total. The first-order chi connectivity index (χ1) is 17.0. The first-order valence-corrected chi connectivity index (χ1v) is 12.5. The van der Waals surface area contributed by atoms with E-state index in [1.807, 2.05) is 0 Å². The molecule has 0 heterocycles. The van der Waals surface area contributed by atoms with Gasteiger partial charge in [0.25, 0.3) is 0 Å². The highest BCUT2D eigenvalue weighted by Gasteiger charge is 2.39. The molecular formula is C24H19BrCl3F6NO2. The van der Waals surface area contributed by atoms with Gasteiger partial charge in [-0.2, -0.15) is 26.3 Å². The van der Waals surface area contributed by atoms with Crippen LogP contribution in [0.1, 0.15) is 47.2 Å². The van der Waals surface area contributed by atoms with Gasteiger partial charge < -0.3 is 5.32 Å². The Bertz CT molecular complexity index is 1160. The molecule has 2 atom stereocenters. The minimum Gasteiger partial charge on any atom is -0.356 e. The zero-order chi connectivity index (χ0) is 28.1. The fourth-order valence-electron chi connectivity index (χ4n) is 3.21. The molecule has 0 saturated heterocycles. The highest BCUT2D eigenvalue weighted by molar-refractivity contribution is 9.10. The number of Topliss-reactive ketones (excluding diaryl/α,β-unsaturated/α-hetero) is 1. The molecule has 0 spiro atoms. The largest absolute Gasteiger partial charge is 0.399 e. The Morgan fingerprint density at radius 2 is 1.62 bits per heavy atom. The fourth-order valence-corrected chi connectivity index (χ4v) is 4.45. The summed E-state index contributed by atoms with van der Waals surface area (Å²) in [5, 5.41) is 1.83. The van der Waals surface area contributed by atoms with Crippen molar-refractivity contribution in [2.24, 2.45) is 5.92 Å². The molecule has 0 fully saturated rings. The van der Waals surface area contributed by atoms with E-state index in [-0.39, 0.29) is 37.1 Å². The molecule has 0 aromatic heterocycles. The lowest BCUT2D eigenvalue weighted by Crippen LogP contribution is -2.33. The van der Waals surface area contributed by atoms with Crippen LogP contribution in [-0.4, -0.2) is 30.6 Å². The maximum Gasteiger partial charge on any atom is 0.399 e. The molecular weight excluding hydrogens is 635 g/mol. The van der Waals surface area contributed by atoms with Gasteiger partial charge in [-0.15, -0.1) is 0 Å². The smallest absolute Gasteiger partial charge is 0.356 e. The van der Waals surface area contributed by atoms with E-state index in [2.05, 4.69) is 21.2 Å². The Morgan fingerprint density at radius 3 is 2.14 bits per heavy atom. The zero-order valence-electron chi connectivity index (χ0n) is 18.9. The average molecular weight is 654 g/mol. The molecule has 1 N–H and O–H groups in total. The van der Waals surface area contributed by atoms with Crippen molar-refractivity contribution < 1.29 is 35.9 Å². The second kappa shape index (κ2) is 12.9. The van der Waals surface area contributed by atoms with E-state index >= 15 is 0 Å². The molecule has 2 aromatic rings. The van der Waals surface area contributed by atoms with Crippen LogP contribution in [0.15, 0.2) is 40.9 Å². The molecule has 2 unspecified atom stereocenters. The molecule has 1 amide bonds. The first-order valence-electron chi connectivity index (χ1n) is 10.6. The molecule has 0 bridgehead atoms. The number of ketones is 1. The van der Waals surface area contributed by atoms with E-state index in [1.165, 1.54) is 31.2 Å². The predicted octanol–water partition coefficient (Wildman–Crippen LogP) is 9.05. The van der Waals surface area contributed by atoms with Gasteiger partial charge in [0.2, 0.25) is 5.91 Å². The lowest BCUT2D eigenvalue weighted by Gasteiger charge is -2.18. The summed E-state index contributed by atoms with van der Waals surface area (Å²) in [6.45, 7) is 0.803. The summed E-state index contributed by atoms with van der Waals surface area (Å²) >= 11 is 20.8. The standard InChI is InChI=1S/C24H19BrCl3F6NO2/c1-12(22(37)35-7-6-23(29,30)31)8-20(36)15-4-2-13(9-17(15)25)3-5-16(24(32,33)34)14-10-18(26)21(28)19(27)11-14/h2-5,9-12,16H,6-8H2,1H3,(H,35,37)/b5-3+. The summed E-state index contributed by atoms with van der Waals surface area (Å²) in [6.07, 6.45) is -8.42. The van der Waals surface area contributed by atoms with Crippen LogP contribution in [0.5, 0.6) is 0 Å². The molecule has 0 aliphatic carbocycles. The van der Waals surface area contributed by atoms with Gasteiger partial charge >= 0.3 is 12.4 Å². The lowest BCUT2D eigenvalue weighted by molar-refractivity contribution is -0.139. The van der Waals surface area contributed by atoms with Crippen molar-refractivity contribution in [1.82, 2.24) is 5.32 Å². The molecule has 0 aliphatic rings. The van der Waals surface area contributed by atoms with Gasteiger partial charge in [0.15, 0.2) is 5.78 Å². The third kappa shape index (κ3) is 9.50. The topological polar surface area (TPSA) is 46.2 Å². The SMILES string of the molecule is CC(CC(=O)c1ccc(/C=C/C(c2cc(Cl)c(Cl)c(Cl)c2)C(F)(F)F)cc1Br)C(=O)NCCC(F)(F)F. The second-order valence-corrected chi connectivity index (χ2v) is 10.1. The van der Waals surface area contributed by atoms with E-state index < -0.39 is 48.8 Å². The number of nitrogens with one attached hydrogen (secondary N) is 1. The van der Waals surface area contributed by atoms with Crippen LogP contribution in [-0.2, 0) is 4.79 Å². The van der Waals surface area contributed by atoms with E-state index in [9.17, 15) is 35.9 Å². The van der Waals surface area contributed by atoms with E-state index in [0.717, 1.165) is 18.2 Å². The number of rotatable bonds is 9. The Labute approximate surface area is 232 Å². The summed E-state index contributed by atoms with van der Waals surface area (Å²) in [7, 11) is 0. The Hall–Kier alpha value is -1.75. The van der Waals surface area contributed by atoms with Crippen LogP contribution in [0.2, 0.25) is 15.1 Å². The summed E-state index contributed by atoms with van der Waals surface area (Å²) < 4.78 is 78.1. The van der Waals surface area contributed by atoms with Gasteiger partial charge in [-0.05, 0) is 35.4 Å². The Kier molecular flexibility index (Phi) is 10.9. The van der Waals surface area contributed by atoms with Gasteiger partial charge in [0.1, 0.15) is 0 Å². The lowest BCUT2D eigenvalue weighted by atomic mass is 9.96. The summed E-state index contributed by atoms with van der Waals surface area (Å²) in [6, 6.07) is 6.37. The third-order valence-corrected chi connectivity index (χ3v) is 6.99. The predicted molar refractivity (Wildman–Crippen MR) is 135 cm³/mol. The molecule has 2 aromatic carbocycles. The maximum atomic E-state index is 13.7. The van der Waals surface area contributed by atoms with Crippen LogP contribution >= 0.6 is 50.7 Å². The number of halogens is 10. The quantitative estimate of drug-likeness (QED) is 0.167. The number of allylic oxidation sites excluding steroid dienone is 1. The number of carbonyl (C=O) groups excluding carboxylic acids is 2. The molecule has 0 aliphatic heterocycles. The first kappa shape index (κ1) is 31.5. The number of benzene rings is 2. The van der Waals surface area contributed by atoms with Crippen molar-refractivity contribution in [3.05, 3.63) is 72.6 Å². The second-order valence-electron chi connectivity index (χ2n) is 8.10. The van der Waals surface area contributed by atoms with Crippen molar-refractivity contribution in [2.75, 3.05) is 6.54 Å². The van der Waals surface area contributed by atoms with Crippen molar-refractivity contribution in [2.45, 2.75) is 38.0 Å². The van der Waals surface area contributed by atoms with Crippen molar-refractivity contribution in [1.29, 1.82) is 0 Å².